The van der Waals surface area contributed by atoms with Crippen molar-refractivity contribution in [2.45, 2.75) is 13.0 Å². The molecule has 0 aliphatic carbocycles. The Balaban J connectivity index is 2.24. The predicted octanol–water partition coefficient (Wildman–Crippen LogP) is 4.70. The third-order valence-corrected chi connectivity index (χ3v) is 3.23. The first-order valence-electron chi connectivity index (χ1n) is 6.03. The van der Waals surface area contributed by atoms with Gasteiger partial charge in [0.1, 0.15) is 11.6 Å². The molecule has 2 aromatic rings. The summed E-state index contributed by atoms with van der Waals surface area (Å²) in [7, 11) is 0. The number of halogens is 3. The molecule has 7 heteroatoms. The van der Waals surface area contributed by atoms with Crippen molar-refractivity contribution in [3.63, 3.8) is 0 Å². The molecule has 1 unspecified atom stereocenters. The lowest BCUT2D eigenvalue weighted by Gasteiger charge is -2.16. The van der Waals surface area contributed by atoms with Gasteiger partial charge in [-0.25, -0.2) is 8.78 Å². The minimum atomic E-state index is -0.721. The van der Waals surface area contributed by atoms with Crippen LogP contribution in [0.2, 0.25) is 5.02 Å². The van der Waals surface area contributed by atoms with Gasteiger partial charge in [0.05, 0.1) is 16.0 Å². The van der Waals surface area contributed by atoms with Crippen molar-refractivity contribution in [2.24, 2.45) is 0 Å². The quantitative estimate of drug-likeness (QED) is 0.657. The smallest absolute Gasteiger partial charge is 0.274 e. The Morgan fingerprint density at radius 2 is 1.95 bits per heavy atom. The van der Waals surface area contributed by atoms with Gasteiger partial charge in [-0.3, -0.25) is 10.1 Å². The number of non-ortho nitro benzene ring substituents is 1. The van der Waals surface area contributed by atoms with Gasteiger partial charge >= 0.3 is 0 Å². The van der Waals surface area contributed by atoms with Crippen LogP contribution in [0.25, 0.3) is 0 Å². The normalized spacial score (nSPS) is 12.0. The van der Waals surface area contributed by atoms with Gasteiger partial charge in [-0.05, 0) is 30.7 Å². The Bertz CT molecular complexity index is 695. The van der Waals surface area contributed by atoms with Crippen LogP contribution in [-0.2, 0) is 0 Å². The second-order valence-electron chi connectivity index (χ2n) is 4.49. The number of hydrogen-bond acceptors (Lipinski definition) is 3. The molecule has 110 valence electrons. The van der Waals surface area contributed by atoms with E-state index in [1.807, 2.05) is 0 Å². The zero-order valence-corrected chi connectivity index (χ0v) is 11.7. The van der Waals surface area contributed by atoms with Crippen molar-refractivity contribution in [1.29, 1.82) is 0 Å². The molecule has 4 nitrogen and oxygen atoms in total. The highest BCUT2D eigenvalue weighted by atomic mass is 35.5. The van der Waals surface area contributed by atoms with Crippen molar-refractivity contribution in [3.05, 3.63) is 68.7 Å². The highest BCUT2D eigenvalue weighted by Crippen LogP contribution is 2.26. The number of rotatable bonds is 4. The predicted molar refractivity (Wildman–Crippen MR) is 76.5 cm³/mol. The summed E-state index contributed by atoms with van der Waals surface area (Å²) >= 11 is 5.60. The zero-order chi connectivity index (χ0) is 15.6. The molecule has 0 amide bonds. The molecule has 0 aliphatic rings. The molecule has 0 aliphatic heterocycles. The zero-order valence-electron chi connectivity index (χ0n) is 10.9. The van der Waals surface area contributed by atoms with Gasteiger partial charge in [-0.15, -0.1) is 0 Å². The van der Waals surface area contributed by atoms with Crippen molar-refractivity contribution in [3.8, 4) is 0 Å². The summed E-state index contributed by atoms with van der Waals surface area (Å²) in [5.74, 6) is -1.28. The lowest BCUT2D eigenvalue weighted by molar-refractivity contribution is -0.385. The van der Waals surface area contributed by atoms with Crippen LogP contribution in [0.15, 0.2) is 36.4 Å². The van der Waals surface area contributed by atoms with Gasteiger partial charge < -0.3 is 5.32 Å². The molecule has 0 radical (unpaired) electrons. The number of benzene rings is 2. The maximum atomic E-state index is 13.4. The van der Waals surface area contributed by atoms with Crippen LogP contribution in [0.5, 0.6) is 0 Å². The second-order valence-corrected chi connectivity index (χ2v) is 4.90. The van der Waals surface area contributed by atoms with Crippen molar-refractivity contribution in [2.75, 3.05) is 5.32 Å². The van der Waals surface area contributed by atoms with E-state index in [2.05, 4.69) is 5.32 Å². The van der Waals surface area contributed by atoms with Crippen LogP contribution in [0, 0.1) is 21.7 Å². The molecule has 2 rings (SSSR count). The number of nitro benzene ring substituents is 1. The third kappa shape index (κ3) is 3.66. The monoisotopic (exact) mass is 312 g/mol. The van der Waals surface area contributed by atoms with E-state index in [1.165, 1.54) is 18.2 Å². The van der Waals surface area contributed by atoms with E-state index in [-0.39, 0.29) is 22.4 Å². The molecular weight excluding hydrogens is 302 g/mol. The summed E-state index contributed by atoms with van der Waals surface area (Å²) in [5, 5.41) is 13.6. The largest absolute Gasteiger partial charge is 0.378 e. The summed E-state index contributed by atoms with van der Waals surface area (Å²) in [6, 6.07) is 7.10. The number of nitrogens with one attached hydrogen (secondary N) is 1. The maximum absolute atomic E-state index is 13.4. The summed E-state index contributed by atoms with van der Waals surface area (Å²) in [4.78, 5) is 10.0. The topological polar surface area (TPSA) is 55.2 Å². The van der Waals surface area contributed by atoms with E-state index >= 15 is 0 Å². The fraction of sp³-hybridized carbons (Fsp3) is 0.143. The highest BCUT2D eigenvalue weighted by Gasteiger charge is 2.13. The molecule has 1 N–H and O–H groups in total. The van der Waals surface area contributed by atoms with Gasteiger partial charge in [-0.1, -0.05) is 17.7 Å². The number of nitrogens with zero attached hydrogens (tertiary/aromatic N) is 1. The van der Waals surface area contributed by atoms with Gasteiger partial charge in [-0.2, -0.15) is 0 Å². The van der Waals surface area contributed by atoms with E-state index in [0.29, 0.717) is 5.56 Å². The third-order valence-electron chi connectivity index (χ3n) is 2.92. The van der Waals surface area contributed by atoms with Crippen LogP contribution in [0.1, 0.15) is 18.5 Å². The van der Waals surface area contributed by atoms with Crippen LogP contribution < -0.4 is 5.32 Å². The van der Waals surface area contributed by atoms with Gasteiger partial charge in [0.15, 0.2) is 0 Å². The summed E-state index contributed by atoms with van der Waals surface area (Å²) in [5.41, 5.74) is 0.473. The lowest BCUT2D eigenvalue weighted by atomic mass is 10.1. The summed E-state index contributed by atoms with van der Waals surface area (Å²) in [6.07, 6.45) is 0. The average molecular weight is 313 g/mol. The first-order valence-corrected chi connectivity index (χ1v) is 6.41. The Morgan fingerprint density at radius 3 is 2.57 bits per heavy atom. The van der Waals surface area contributed by atoms with E-state index in [0.717, 1.165) is 12.1 Å². The van der Waals surface area contributed by atoms with E-state index < -0.39 is 16.6 Å². The van der Waals surface area contributed by atoms with Crippen LogP contribution in [0.4, 0.5) is 20.2 Å². The Hall–Kier alpha value is -2.21. The van der Waals surface area contributed by atoms with E-state index in [1.54, 1.807) is 13.0 Å². The lowest BCUT2D eigenvalue weighted by Crippen LogP contribution is -2.07. The minimum absolute atomic E-state index is 0.00680. The van der Waals surface area contributed by atoms with Crippen molar-refractivity contribution < 1.29 is 13.7 Å². The molecule has 0 heterocycles. The van der Waals surface area contributed by atoms with Crippen molar-refractivity contribution >= 4 is 23.0 Å². The fourth-order valence-electron chi connectivity index (χ4n) is 1.88. The molecule has 0 saturated heterocycles. The molecular formula is C14H11ClF2N2O2. The molecule has 0 bridgehead atoms. The summed E-state index contributed by atoms with van der Waals surface area (Å²) in [6.45, 7) is 1.72. The van der Waals surface area contributed by atoms with E-state index in [9.17, 15) is 18.9 Å². The molecule has 0 spiro atoms. The molecule has 0 aromatic heterocycles. The first-order chi connectivity index (χ1) is 9.86. The SMILES string of the molecule is CC(Nc1cc(F)cc([N+](=O)[O-])c1)c1ccc(Cl)c(F)c1. The summed E-state index contributed by atoms with van der Waals surface area (Å²) < 4.78 is 26.7. The molecule has 0 saturated carbocycles. The Labute approximate surface area is 124 Å². The van der Waals surface area contributed by atoms with Gasteiger partial charge in [0.25, 0.3) is 5.69 Å². The van der Waals surface area contributed by atoms with E-state index in [4.69, 9.17) is 11.6 Å². The Kier molecular flexibility index (Phi) is 4.37. The number of hydrogen-bond donors (Lipinski definition) is 1. The van der Waals surface area contributed by atoms with Crippen LogP contribution >= 0.6 is 11.6 Å². The van der Waals surface area contributed by atoms with Crippen LogP contribution in [-0.4, -0.2) is 4.92 Å². The second kappa shape index (κ2) is 6.05. The number of anilines is 1. The molecule has 1 atom stereocenters. The number of nitro groups is 1. The van der Waals surface area contributed by atoms with Gasteiger partial charge in [0.2, 0.25) is 0 Å². The standard InChI is InChI=1S/C14H11ClF2N2O2/c1-8(9-2-3-13(15)14(17)4-9)18-11-5-10(16)6-12(7-11)19(20)21/h2-8,18H,1H3. The Morgan fingerprint density at radius 1 is 1.24 bits per heavy atom. The minimum Gasteiger partial charge on any atom is -0.378 e. The van der Waals surface area contributed by atoms with Crippen molar-refractivity contribution in [1.82, 2.24) is 0 Å². The van der Waals surface area contributed by atoms with Gasteiger partial charge in [0, 0.05) is 17.8 Å². The fourth-order valence-corrected chi connectivity index (χ4v) is 2.00. The molecule has 2 aromatic carbocycles. The van der Waals surface area contributed by atoms with Crippen LogP contribution in [0.3, 0.4) is 0 Å². The highest BCUT2D eigenvalue weighted by molar-refractivity contribution is 6.30. The molecule has 21 heavy (non-hydrogen) atoms. The first kappa shape index (κ1) is 15.2. The maximum Gasteiger partial charge on any atom is 0.274 e. The molecule has 0 fully saturated rings. The average Bonchev–Trinajstić information content (AvgIpc) is 2.41.